The van der Waals surface area contributed by atoms with E-state index in [0.717, 1.165) is 26.1 Å². The molecule has 0 aliphatic heterocycles. The summed E-state index contributed by atoms with van der Waals surface area (Å²) in [7, 11) is 0. The molecular formula is C16H36O4. The summed E-state index contributed by atoms with van der Waals surface area (Å²) < 4.78 is 10.2. The van der Waals surface area contributed by atoms with E-state index in [9.17, 15) is 0 Å². The molecule has 0 aromatic rings. The molecule has 4 nitrogen and oxygen atoms in total. The molecule has 20 heavy (non-hydrogen) atoms. The van der Waals surface area contributed by atoms with Crippen LogP contribution in [0.15, 0.2) is 0 Å². The summed E-state index contributed by atoms with van der Waals surface area (Å²) in [5.41, 5.74) is 0. The molecule has 2 N–H and O–H groups in total. The van der Waals surface area contributed by atoms with Crippen LogP contribution in [0.5, 0.6) is 0 Å². The van der Waals surface area contributed by atoms with Crippen LogP contribution in [-0.4, -0.2) is 49.9 Å². The maximum absolute atomic E-state index is 8.34. The van der Waals surface area contributed by atoms with Crippen LogP contribution in [0.3, 0.4) is 0 Å². The second-order valence-corrected chi connectivity index (χ2v) is 4.79. The quantitative estimate of drug-likeness (QED) is 0.483. The molecule has 0 radical (unpaired) electrons. The van der Waals surface area contributed by atoms with Gasteiger partial charge in [0.1, 0.15) is 0 Å². The van der Waals surface area contributed by atoms with Crippen LogP contribution < -0.4 is 0 Å². The Labute approximate surface area is 125 Å². The third-order valence-electron chi connectivity index (χ3n) is 2.76. The van der Waals surface area contributed by atoms with Crippen LogP contribution in [-0.2, 0) is 9.47 Å². The molecule has 0 aromatic heterocycles. The van der Waals surface area contributed by atoms with Gasteiger partial charge in [-0.15, -0.1) is 0 Å². The lowest BCUT2D eigenvalue weighted by molar-refractivity contribution is 0.0896. The first kappa shape index (κ1) is 22.1. The number of hydrogen-bond acceptors (Lipinski definition) is 4. The average molecular weight is 292 g/mol. The highest BCUT2D eigenvalue weighted by Gasteiger charge is 1.88. The molecule has 0 heterocycles. The predicted molar refractivity (Wildman–Crippen MR) is 84.1 cm³/mol. The van der Waals surface area contributed by atoms with Crippen LogP contribution in [0, 0.1) is 0 Å². The van der Waals surface area contributed by atoms with Crippen LogP contribution >= 0.6 is 0 Å². The predicted octanol–water partition coefficient (Wildman–Crippen LogP) is 3.15. The van der Waals surface area contributed by atoms with Crippen molar-refractivity contribution in [2.75, 3.05) is 39.6 Å². The van der Waals surface area contributed by atoms with Gasteiger partial charge in [0, 0.05) is 13.2 Å². The standard InChI is InChI=1S/2C8H18O2/c2*1-2-3-4-5-7-10-8-6-9/h2*9H,2-8H2,1H3. The lowest BCUT2D eigenvalue weighted by Gasteiger charge is -2.00. The summed E-state index contributed by atoms with van der Waals surface area (Å²) in [6.45, 7) is 7.27. The van der Waals surface area contributed by atoms with Crippen LogP contribution in [0.2, 0.25) is 0 Å². The summed E-state index contributed by atoms with van der Waals surface area (Å²) in [4.78, 5) is 0. The van der Waals surface area contributed by atoms with Gasteiger partial charge in [-0.3, -0.25) is 0 Å². The van der Waals surface area contributed by atoms with E-state index in [1.54, 1.807) is 0 Å². The van der Waals surface area contributed by atoms with Crippen molar-refractivity contribution in [3.63, 3.8) is 0 Å². The van der Waals surface area contributed by atoms with E-state index in [2.05, 4.69) is 13.8 Å². The van der Waals surface area contributed by atoms with Crippen molar-refractivity contribution in [1.82, 2.24) is 0 Å². The van der Waals surface area contributed by atoms with Crippen molar-refractivity contribution in [3.8, 4) is 0 Å². The summed E-state index contributed by atoms with van der Waals surface area (Å²) in [6, 6.07) is 0. The molecule has 0 rings (SSSR count). The number of hydrogen-bond donors (Lipinski definition) is 2. The van der Waals surface area contributed by atoms with E-state index in [4.69, 9.17) is 19.7 Å². The molecule has 0 unspecified atom stereocenters. The SMILES string of the molecule is CCCCCCOCCO.CCCCCCOCCO. The maximum Gasteiger partial charge on any atom is 0.0697 e. The van der Waals surface area contributed by atoms with Crippen molar-refractivity contribution < 1.29 is 19.7 Å². The minimum Gasteiger partial charge on any atom is -0.394 e. The van der Waals surface area contributed by atoms with E-state index in [-0.39, 0.29) is 13.2 Å². The molecule has 0 amide bonds. The van der Waals surface area contributed by atoms with Gasteiger partial charge in [-0.2, -0.15) is 0 Å². The van der Waals surface area contributed by atoms with E-state index >= 15 is 0 Å². The Morgan fingerprint density at radius 3 is 1.25 bits per heavy atom. The summed E-state index contributed by atoms with van der Waals surface area (Å²) in [5, 5.41) is 16.7. The van der Waals surface area contributed by atoms with Crippen LogP contribution in [0.4, 0.5) is 0 Å². The van der Waals surface area contributed by atoms with E-state index in [1.807, 2.05) is 0 Å². The zero-order chi connectivity index (χ0) is 15.3. The molecule has 0 aromatic carbocycles. The van der Waals surface area contributed by atoms with Gasteiger partial charge in [-0.1, -0.05) is 52.4 Å². The molecule has 124 valence electrons. The third kappa shape index (κ3) is 26.4. The minimum absolute atomic E-state index is 0.147. The summed E-state index contributed by atoms with van der Waals surface area (Å²) >= 11 is 0. The highest BCUT2D eigenvalue weighted by atomic mass is 16.5. The Morgan fingerprint density at radius 2 is 0.950 bits per heavy atom. The van der Waals surface area contributed by atoms with Crippen LogP contribution in [0.25, 0.3) is 0 Å². The van der Waals surface area contributed by atoms with Gasteiger partial charge in [-0.25, -0.2) is 0 Å². The fraction of sp³-hybridized carbons (Fsp3) is 1.00. The highest BCUT2D eigenvalue weighted by Crippen LogP contribution is 1.98. The smallest absolute Gasteiger partial charge is 0.0697 e. The molecule has 0 aliphatic rings. The molecule has 0 bridgehead atoms. The fourth-order valence-corrected chi connectivity index (χ4v) is 1.60. The lowest BCUT2D eigenvalue weighted by atomic mass is 10.2. The number of rotatable bonds is 14. The van der Waals surface area contributed by atoms with E-state index in [0.29, 0.717) is 13.2 Å². The first-order chi connectivity index (χ1) is 9.83. The maximum atomic E-state index is 8.34. The molecule has 0 atom stereocenters. The summed E-state index contributed by atoms with van der Waals surface area (Å²) in [5.74, 6) is 0. The number of aliphatic hydroxyl groups excluding tert-OH is 2. The van der Waals surface area contributed by atoms with Gasteiger partial charge < -0.3 is 19.7 Å². The van der Waals surface area contributed by atoms with Crippen molar-refractivity contribution >= 4 is 0 Å². The Balaban J connectivity index is 0. The zero-order valence-corrected chi connectivity index (χ0v) is 13.6. The highest BCUT2D eigenvalue weighted by molar-refractivity contribution is 4.39. The van der Waals surface area contributed by atoms with Crippen molar-refractivity contribution in [1.29, 1.82) is 0 Å². The molecule has 0 aliphatic carbocycles. The number of unbranched alkanes of at least 4 members (excludes halogenated alkanes) is 6. The van der Waals surface area contributed by atoms with Gasteiger partial charge in [0.2, 0.25) is 0 Å². The van der Waals surface area contributed by atoms with Crippen molar-refractivity contribution in [2.24, 2.45) is 0 Å². The number of aliphatic hydroxyl groups is 2. The second kappa shape index (κ2) is 23.9. The van der Waals surface area contributed by atoms with Gasteiger partial charge in [0.25, 0.3) is 0 Å². The average Bonchev–Trinajstić information content (AvgIpc) is 2.47. The fourth-order valence-electron chi connectivity index (χ4n) is 1.60. The van der Waals surface area contributed by atoms with Gasteiger partial charge in [-0.05, 0) is 12.8 Å². The first-order valence-corrected chi connectivity index (χ1v) is 8.20. The molecule has 0 saturated heterocycles. The monoisotopic (exact) mass is 292 g/mol. The molecular weight excluding hydrogens is 256 g/mol. The van der Waals surface area contributed by atoms with Gasteiger partial charge in [0.15, 0.2) is 0 Å². The lowest BCUT2D eigenvalue weighted by Crippen LogP contribution is -2.00. The number of ether oxygens (including phenoxy) is 2. The molecule has 0 fully saturated rings. The van der Waals surface area contributed by atoms with Crippen molar-refractivity contribution in [2.45, 2.75) is 65.2 Å². The topological polar surface area (TPSA) is 58.9 Å². The van der Waals surface area contributed by atoms with Crippen LogP contribution in [0.1, 0.15) is 65.2 Å². The van der Waals surface area contributed by atoms with E-state index < -0.39 is 0 Å². The second-order valence-electron chi connectivity index (χ2n) is 4.79. The Morgan fingerprint density at radius 1 is 0.550 bits per heavy atom. The van der Waals surface area contributed by atoms with Crippen molar-refractivity contribution in [3.05, 3.63) is 0 Å². The Kier molecular flexibility index (Phi) is 26.4. The normalized spacial score (nSPS) is 10.2. The largest absolute Gasteiger partial charge is 0.394 e. The minimum atomic E-state index is 0.147. The molecule has 0 saturated carbocycles. The molecule has 0 spiro atoms. The molecule has 4 heteroatoms. The van der Waals surface area contributed by atoms with Gasteiger partial charge >= 0.3 is 0 Å². The first-order valence-electron chi connectivity index (χ1n) is 8.20. The van der Waals surface area contributed by atoms with E-state index in [1.165, 1.54) is 38.5 Å². The third-order valence-corrected chi connectivity index (χ3v) is 2.76. The summed E-state index contributed by atoms with van der Waals surface area (Å²) in [6.07, 6.45) is 9.89. The Hall–Kier alpha value is -0.160. The zero-order valence-electron chi connectivity index (χ0n) is 13.6. The Bertz CT molecular complexity index is 110. The van der Waals surface area contributed by atoms with Gasteiger partial charge in [0.05, 0.1) is 26.4 Å².